The zero-order valence-electron chi connectivity index (χ0n) is 13.0. The molecule has 0 heterocycles. The number of benzene rings is 1. The van der Waals surface area contributed by atoms with Crippen molar-refractivity contribution in [2.75, 3.05) is 13.2 Å². The number of ether oxygens (including phenoxy) is 1. The standard InChI is InChI=1S/C16H25FN2O2/c1-4-5-8-18-16(20)11-21-15-7-6-13(9-14(15)17)10-19-12(2)3/h6-7,9,12,19H,4-5,8,10-11H2,1-3H3,(H,18,20). The third kappa shape index (κ3) is 7.09. The predicted molar refractivity (Wildman–Crippen MR) is 81.8 cm³/mol. The van der Waals surface area contributed by atoms with E-state index in [0.29, 0.717) is 19.1 Å². The average molecular weight is 296 g/mol. The van der Waals surface area contributed by atoms with Gasteiger partial charge in [-0.25, -0.2) is 4.39 Å². The van der Waals surface area contributed by atoms with Gasteiger partial charge in [0.15, 0.2) is 18.2 Å². The number of hydrogen-bond acceptors (Lipinski definition) is 3. The lowest BCUT2D eigenvalue weighted by molar-refractivity contribution is -0.123. The van der Waals surface area contributed by atoms with Crippen LogP contribution in [0.3, 0.4) is 0 Å². The Kier molecular flexibility index (Phi) is 7.75. The smallest absolute Gasteiger partial charge is 0.257 e. The summed E-state index contributed by atoms with van der Waals surface area (Å²) >= 11 is 0. The van der Waals surface area contributed by atoms with Crippen molar-refractivity contribution in [1.82, 2.24) is 10.6 Å². The van der Waals surface area contributed by atoms with Gasteiger partial charge in [0.2, 0.25) is 0 Å². The highest BCUT2D eigenvalue weighted by Crippen LogP contribution is 2.18. The topological polar surface area (TPSA) is 50.4 Å². The Morgan fingerprint density at radius 2 is 2.14 bits per heavy atom. The second kappa shape index (κ2) is 9.34. The summed E-state index contributed by atoms with van der Waals surface area (Å²) in [6.07, 6.45) is 1.94. The monoisotopic (exact) mass is 296 g/mol. The summed E-state index contributed by atoms with van der Waals surface area (Å²) in [6.45, 7) is 7.18. The lowest BCUT2D eigenvalue weighted by Crippen LogP contribution is -2.29. The van der Waals surface area contributed by atoms with Crippen LogP contribution < -0.4 is 15.4 Å². The molecule has 0 fully saturated rings. The van der Waals surface area contributed by atoms with E-state index in [-0.39, 0.29) is 18.3 Å². The average Bonchev–Trinajstić information content (AvgIpc) is 2.44. The SMILES string of the molecule is CCCCNC(=O)COc1ccc(CNC(C)C)cc1F. The van der Waals surface area contributed by atoms with Crippen molar-refractivity contribution in [3.8, 4) is 5.75 Å². The number of amides is 1. The second-order valence-corrected chi connectivity index (χ2v) is 5.29. The number of carbonyl (C=O) groups excluding carboxylic acids is 1. The van der Waals surface area contributed by atoms with Gasteiger partial charge in [-0.3, -0.25) is 4.79 Å². The van der Waals surface area contributed by atoms with E-state index in [9.17, 15) is 9.18 Å². The Balaban J connectivity index is 2.43. The molecule has 0 unspecified atom stereocenters. The van der Waals surface area contributed by atoms with Gasteiger partial charge in [0.1, 0.15) is 0 Å². The Hall–Kier alpha value is -1.62. The third-order valence-corrected chi connectivity index (χ3v) is 2.92. The second-order valence-electron chi connectivity index (χ2n) is 5.29. The Morgan fingerprint density at radius 3 is 2.76 bits per heavy atom. The van der Waals surface area contributed by atoms with Gasteiger partial charge in [0.05, 0.1) is 0 Å². The molecule has 2 N–H and O–H groups in total. The molecule has 0 saturated heterocycles. The van der Waals surface area contributed by atoms with E-state index in [4.69, 9.17) is 4.74 Å². The molecule has 21 heavy (non-hydrogen) atoms. The highest BCUT2D eigenvalue weighted by Gasteiger charge is 2.08. The zero-order valence-corrected chi connectivity index (χ0v) is 13.0. The molecule has 0 atom stereocenters. The van der Waals surface area contributed by atoms with Crippen LogP contribution in [0, 0.1) is 5.82 Å². The molecule has 0 bridgehead atoms. The van der Waals surface area contributed by atoms with E-state index in [1.165, 1.54) is 6.07 Å². The summed E-state index contributed by atoms with van der Waals surface area (Å²) in [4.78, 5) is 11.5. The van der Waals surface area contributed by atoms with Gasteiger partial charge >= 0.3 is 0 Å². The van der Waals surface area contributed by atoms with E-state index >= 15 is 0 Å². The fourth-order valence-electron chi connectivity index (χ4n) is 1.69. The summed E-state index contributed by atoms with van der Waals surface area (Å²) in [6, 6.07) is 5.13. The van der Waals surface area contributed by atoms with Crippen LogP contribution in [0.2, 0.25) is 0 Å². The lowest BCUT2D eigenvalue weighted by Gasteiger charge is -2.11. The van der Waals surface area contributed by atoms with Crippen molar-refractivity contribution in [1.29, 1.82) is 0 Å². The highest BCUT2D eigenvalue weighted by atomic mass is 19.1. The Morgan fingerprint density at radius 1 is 1.38 bits per heavy atom. The molecule has 4 nitrogen and oxygen atoms in total. The van der Waals surface area contributed by atoms with Gasteiger partial charge in [0.25, 0.3) is 5.91 Å². The first-order valence-electron chi connectivity index (χ1n) is 7.44. The van der Waals surface area contributed by atoms with Gasteiger partial charge < -0.3 is 15.4 Å². The maximum absolute atomic E-state index is 13.8. The minimum Gasteiger partial charge on any atom is -0.481 e. The molecule has 1 aromatic carbocycles. The molecule has 118 valence electrons. The largest absolute Gasteiger partial charge is 0.481 e. The Bertz CT molecular complexity index is 450. The van der Waals surface area contributed by atoms with E-state index in [0.717, 1.165) is 18.4 Å². The predicted octanol–water partition coefficient (Wildman–Crippen LogP) is 2.62. The first-order chi connectivity index (χ1) is 10.0. The van der Waals surface area contributed by atoms with Gasteiger partial charge in [-0.15, -0.1) is 0 Å². The van der Waals surface area contributed by atoms with Crippen LogP contribution in [-0.2, 0) is 11.3 Å². The number of rotatable bonds is 9. The van der Waals surface area contributed by atoms with Crippen LogP contribution in [0.5, 0.6) is 5.75 Å². The third-order valence-electron chi connectivity index (χ3n) is 2.92. The van der Waals surface area contributed by atoms with Crippen molar-refractivity contribution in [3.63, 3.8) is 0 Å². The molecule has 0 aliphatic heterocycles. The van der Waals surface area contributed by atoms with Crippen LogP contribution in [-0.4, -0.2) is 25.1 Å². The molecule has 0 aliphatic rings. The van der Waals surface area contributed by atoms with Crippen molar-refractivity contribution >= 4 is 5.91 Å². The van der Waals surface area contributed by atoms with Crippen molar-refractivity contribution < 1.29 is 13.9 Å². The maximum Gasteiger partial charge on any atom is 0.257 e. The van der Waals surface area contributed by atoms with Crippen molar-refractivity contribution in [2.24, 2.45) is 0 Å². The number of halogens is 1. The lowest BCUT2D eigenvalue weighted by atomic mass is 10.2. The van der Waals surface area contributed by atoms with Crippen LogP contribution in [0.15, 0.2) is 18.2 Å². The highest BCUT2D eigenvalue weighted by molar-refractivity contribution is 5.77. The fraction of sp³-hybridized carbons (Fsp3) is 0.562. The van der Waals surface area contributed by atoms with Crippen molar-refractivity contribution in [2.45, 2.75) is 46.2 Å². The Labute approximate surface area is 126 Å². The van der Waals surface area contributed by atoms with Crippen LogP contribution in [0.25, 0.3) is 0 Å². The molecule has 0 radical (unpaired) electrons. The molecule has 1 aromatic rings. The molecular formula is C16H25FN2O2. The van der Waals surface area contributed by atoms with Crippen LogP contribution >= 0.6 is 0 Å². The summed E-state index contributed by atoms with van der Waals surface area (Å²) in [5.41, 5.74) is 0.848. The fourth-order valence-corrected chi connectivity index (χ4v) is 1.69. The minimum absolute atomic E-state index is 0.105. The molecule has 0 saturated carbocycles. The summed E-state index contributed by atoms with van der Waals surface area (Å²) in [5.74, 6) is -0.568. The minimum atomic E-state index is -0.445. The number of hydrogen-bond donors (Lipinski definition) is 2. The molecule has 1 amide bonds. The van der Waals surface area contributed by atoms with Crippen LogP contribution in [0.1, 0.15) is 39.2 Å². The normalized spacial score (nSPS) is 10.7. The van der Waals surface area contributed by atoms with Crippen LogP contribution in [0.4, 0.5) is 4.39 Å². The molecule has 1 rings (SSSR count). The number of unbranched alkanes of at least 4 members (excludes halogenated alkanes) is 1. The van der Waals surface area contributed by atoms with Gasteiger partial charge in [0, 0.05) is 19.1 Å². The van der Waals surface area contributed by atoms with Gasteiger partial charge in [-0.2, -0.15) is 0 Å². The molecule has 0 spiro atoms. The van der Waals surface area contributed by atoms with Gasteiger partial charge in [-0.05, 0) is 24.1 Å². The number of nitrogens with one attached hydrogen (secondary N) is 2. The van der Waals surface area contributed by atoms with E-state index in [1.807, 2.05) is 20.8 Å². The zero-order chi connectivity index (χ0) is 15.7. The quantitative estimate of drug-likeness (QED) is 0.689. The van der Waals surface area contributed by atoms with E-state index < -0.39 is 5.82 Å². The number of carbonyl (C=O) groups is 1. The maximum atomic E-state index is 13.8. The molecule has 0 aliphatic carbocycles. The summed E-state index contributed by atoms with van der Waals surface area (Å²) < 4.78 is 19.0. The molecule has 5 heteroatoms. The molecular weight excluding hydrogens is 271 g/mol. The van der Waals surface area contributed by atoms with E-state index in [1.54, 1.807) is 12.1 Å². The summed E-state index contributed by atoms with van der Waals surface area (Å²) in [5, 5.41) is 5.94. The summed E-state index contributed by atoms with van der Waals surface area (Å²) in [7, 11) is 0. The van der Waals surface area contributed by atoms with E-state index in [2.05, 4.69) is 10.6 Å². The van der Waals surface area contributed by atoms with Gasteiger partial charge in [-0.1, -0.05) is 33.3 Å². The first kappa shape index (κ1) is 17.4. The molecule has 0 aromatic heterocycles. The first-order valence-corrected chi connectivity index (χ1v) is 7.44. The van der Waals surface area contributed by atoms with Crippen molar-refractivity contribution in [3.05, 3.63) is 29.6 Å².